The van der Waals surface area contributed by atoms with Crippen molar-refractivity contribution in [3.63, 3.8) is 0 Å². The average molecular weight is 364 g/mol. The summed E-state index contributed by atoms with van der Waals surface area (Å²) in [5.74, 6) is 2.00. The molecule has 0 spiro atoms. The van der Waals surface area contributed by atoms with Gasteiger partial charge in [-0.2, -0.15) is 4.98 Å². The number of hydrogen-bond acceptors (Lipinski definition) is 5. The van der Waals surface area contributed by atoms with Crippen LogP contribution in [-0.2, 0) is 0 Å². The van der Waals surface area contributed by atoms with E-state index in [2.05, 4.69) is 75.2 Å². The normalized spacial score (nSPS) is 18.6. The first-order valence-corrected chi connectivity index (χ1v) is 10.1. The Kier molecular flexibility index (Phi) is 5.68. The predicted molar refractivity (Wildman–Crippen MR) is 112 cm³/mol. The van der Waals surface area contributed by atoms with Gasteiger partial charge < -0.3 is 9.80 Å². The Morgan fingerprint density at radius 1 is 0.889 bits per heavy atom. The summed E-state index contributed by atoms with van der Waals surface area (Å²) in [5, 5.41) is 0. The number of hydrogen-bond donors (Lipinski definition) is 0. The minimum atomic E-state index is 0.913. The molecule has 0 atom stereocenters. The molecule has 0 amide bonds. The van der Waals surface area contributed by atoms with Gasteiger partial charge in [-0.15, -0.1) is 0 Å². The molecule has 2 aliphatic rings. The molecular weight excluding hydrogens is 334 g/mol. The highest BCUT2D eigenvalue weighted by Gasteiger charge is 2.20. The van der Waals surface area contributed by atoms with Crippen LogP contribution in [0.1, 0.15) is 24.1 Å². The molecule has 0 N–H and O–H groups in total. The highest BCUT2D eigenvalue weighted by atomic mass is 15.3. The molecule has 5 heteroatoms. The Morgan fingerprint density at radius 2 is 1.63 bits per heavy atom. The summed E-state index contributed by atoms with van der Waals surface area (Å²) in [6.07, 6.45) is 6.98. The zero-order valence-electron chi connectivity index (χ0n) is 16.2. The third kappa shape index (κ3) is 4.66. The molecule has 4 rings (SSSR count). The van der Waals surface area contributed by atoms with E-state index in [0.717, 1.165) is 63.3 Å². The molecule has 0 bridgehead atoms. The molecule has 27 heavy (non-hydrogen) atoms. The zero-order valence-corrected chi connectivity index (χ0v) is 16.2. The molecule has 0 saturated carbocycles. The topological polar surface area (TPSA) is 35.5 Å². The molecule has 2 saturated heterocycles. The van der Waals surface area contributed by atoms with E-state index in [-0.39, 0.29) is 0 Å². The lowest BCUT2D eigenvalue weighted by Gasteiger charge is -2.35. The fourth-order valence-electron chi connectivity index (χ4n) is 3.82. The number of rotatable bonds is 5. The fraction of sp³-hybridized carbons (Fsp3) is 0.455. The van der Waals surface area contributed by atoms with Crippen LogP contribution in [-0.4, -0.2) is 60.7 Å². The van der Waals surface area contributed by atoms with Gasteiger partial charge in [0.1, 0.15) is 5.82 Å². The standard InChI is InChI=1S/C22H29N5/c1-19-18-21(24-22(23-19)27-12-5-6-13-27)26-16-14-25(15-17-26)11-7-10-20-8-3-2-4-9-20/h2-4,7-10,18H,5-6,11-17H2,1H3/b10-7+. The van der Waals surface area contributed by atoms with E-state index >= 15 is 0 Å². The second-order valence-electron chi connectivity index (χ2n) is 7.46. The Labute approximate surface area is 162 Å². The zero-order chi connectivity index (χ0) is 18.5. The number of aryl methyl sites for hydroxylation is 1. The van der Waals surface area contributed by atoms with Crippen molar-refractivity contribution in [2.24, 2.45) is 0 Å². The minimum absolute atomic E-state index is 0.913. The van der Waals surface area contributed by atoms with E-state index in [1.165, 1.54) is 18.4 Å². The fourth-order valence-corrected chi connectivity index (χ4v) is 3.82. The van der Waals surface area contributed by atoms with E-state index in [4.69, 9.17) is 4.98 Å². The van der Waals surface area contributed by atoms with Gasteiger partial charge >= 0.3 is 0 Å². The smallest absolute Gasteiger partial charge is 0.227 e. The largest absolute Gasteiger partial charge is 0.354 e. The third-order valence-electron chi connectivity index (χ3n) is 5.39. The summed E-state index contributed by atoms with van der Waals surface area (Å²) in [6.45, 7) is 9.45. The van der Waals surface area contributed by atoms with Crippen molar-refractivity contribution >= 4 is 17.8 Å². The summed E-state index contributed by atoms with van der Waals surface area (Å²) >= 11 is 0. The van der Waals surface area contributed by atoms with Crippen LogP contribution < -0.4 is 9.80 Å². The lowest BCUT2D eigenvalue weighted by molar-refractivity contribution is 0.283. The van der Waals surface area contributed by atoms with Crippen LogP contribution >= 0.6 is 0 Å². The molecule has 5 nitrogen and oxygen atoms in total. The number of nitrogens with zero attached hydrogens (tertiary/aromatic N) is 5. The average Bonchev–Trinajstić information content (AvgIpc) is 3.24. The van der Waals surface area contributed by atoms with Crippen LogP contribution in [0.2, 0.25) is 0 Å². The second kappa shape index (κ2) is 8.53. The first-order chi connectivity index (χ1) is 13.3. The number of piperazine rings is 1. The van der Waals surface area contributed by atoms with Crippen LogP contribution in [0.15, 0.2) is 42.5 Å². The SMILES string of the molecule is Cc1cc(N2CCN(C/C=C/c3ccccc3)CC2)nc(N2CCCC2)n1. The number of benzene rings is 1. The van der Waals surface area contributed by atoms with Crippen molar-refractivity contribution < 1.29 is 0 Å². The van der Waals surface area contributed by atoms with Crippen LogP contribution in [0, 0.1) is 6.92 Å². The second-order valence-corrected chi connectivity index (χ2v) is 7.46. The molecule has 1 aromatic carbocycles. The molecule has 2 aromatic rings. The molecule has 0 unspecified atom stereocenters. The van der Waals surface area contributed by atoms with E-state index in [1.807, 2.05) is 0 Å². The van der Waals surface area contributed by atoms with Crippen LogP contribution in [0.4, 0.5) is 11.8 Å². The van der Waals surface area contributed by atoms with Crippen molar-refractivity contribution in [3.05, 3.63) is 53.7 Å². The molecule has 1 aromatic heterocycles. The lowest BCUT2D eigenvalue weighted by Crippen LogP contribution is -2.46. The van der Waals surface area contributed by atoms with Gasteiger partial charge in [-0.05, 0) is 25.3 Å². The van der Waals surface area contributed by atoms with Crippen molar-refractivity contribution in [3.8, 4) is 0 Å². The molecule has 142 valence electrons. The molecule has 0 radical (unpaired) electrons. The highest BCUT2D eigenvalue weighted by Crippen LogP contribution is 2.21. The minimum Gasteiger partial charge on any atom is -0.354 e. The van der Waals surface area contributed by atoms with Gasteiger partial charge in [0.15, 0.2) is 0 Å². The van der Waals surface area contributed by atoms with Crippen molar-refractivity contribution in [2.75, 3.05) is 55.6 Å². The van der Waals surface area contributed by atoms with Gasteiger partial charge in [0, 0.05) is 57.6 Å². The summed E-state index contributed by atoms with van der Waals surface area (Å²) in [4.78, 5) is 16.8. The number of anilines is 2. The Hall–Kier alpha value is -2.40. The Bertz CT molecular complexity index is 760. The molecule has 0 aliphatic carbocycles. The van der Waals surface area contributed by atoms with Crippen molar-refractivity contribution in [2.45, 2.75) is 19.8 Å². The maximum absolute atomic E-state index is 4.87. The van der Waals surface area contributed by atoms with Crippen molar-refractivity contribution in [1.82, 2.24) is 14.9 Å². The summed E-state index contributed by atoms with van der Waals surface area (Å²) in [7, 11) is 0. The third-order valence-corrected chi connectivity index (χ3v) is 5.39. The molecule has 2 aliphatic heterocycles. The van der Waals surface area contributed by atoms with Gasteiger partial charge in [-0.1, -0.05) is 42.5 Å². The first-order valence-electron chi connectivity index (χ1n) is 10.1. The van der Waals surface area contributed by atoms with Crippen LogP contribution in [0.3, 0.4) is 0 Å². The molecule has 2 fully saturated rings. The summed E-state index contributed by atoms with van der Waals surface area (Å²) in [5.41, 5.74) is 2.33. The maximum Gasteiger partial charge on any atom is 0.227 e. The summed E-state index contributed by atoms with van der Waals surface area (Å²) in [6, 6.07) is 12.6. The van der Waals surface area contributed by atoms with E-state index in [0.29, 0.717) is 0 Å². The van der Waals surface area contributed by atoms with E-state index < -0.39 is 0 Å². The van der Waals surface area contributed by atoms with Gasteiger partial charge in [-0.3, -0.25) is 4.90 Å². The van der Waals surface area contributed by atoms with Crippen LogP contribution in [0.25, 0.3) is 6.08 Å². The maximum atomic E-state index is 4.87. The van der Waals surface area contributed by atoms with Gasteiger partial charge in [0.05, 0.1) is 0 Å². The van der Waals surface area contributed by atoms with E-state index in [9.17, 15) is 0 Å². The van der Waals surface area contributed by atoms with Gasteiger partial charge in [0.2, 0.25) is 5.95 Å². The molecular formula is C22H29N5. The first kappa shape index (κ1) is 18.0. The number of aromatic nitrogens is 2. The van der Waals surface area contributed by atoms with E-state index in [1.54, 1.807) is 0 Å². The quantitative estimate of drug-likeness (QED) is 0.815. The van der Waals surface area contributed by atoms with Gasteiger partial charge in [0.25, 0.3) is 0 Å². The summed E-state index contributed by atoms with van der Waals surface area (Å²) < 4.78 is 0. The highest BCUT2D eigenvalue weighted by molar-refractivity contribution is 5.49. The molecule has 3 heterocycles. The lowest BCUT2D eigenvalue weighted by atomic mass is 10.2. The monoisotopic (exact) mass is 363 g/mol. The van der Waals surface area contributed by atoms with Crippen LogP contribution in [0.5, 0.6) is 0 Å². The Morgan fingerprint density at radius 3 is 2.37 bits per heavy atom. The van der Waals surface area contributed by atoms with Gasteiger partial charge in [-0.25, -0.2) is 4.98 Å². The predicted octanol–water partition coefficient (Wildman–Crippen LogP) is 3.22. The van der Waals surface area contributed by atoms with Crippen molar-refractivity contribution in [1.29, 1.82) is 0 Å². The Balaban J connectivity index is 1.33.